The maximum atomic E-state index is 12.8. The number of rotatable bonds is 2. The van der Waals surface area contributed by atoms with Crippen LogP contribution in [0.2, 0.25) is 0 Å². The lowest BCUT2D eigenvalue weighted by Crippen LogP contribution is -2.16. The van der Waals surface area contributed by atoms with E-state index in [2.05, 4.69) is 15.3 Å². The van der Waals surface area contributed by atoms with Gasteiger partial charge in [-0.1, -0.05) is 6.07 Å². The Hall–Kier alpha value is -2.77. The summed E-state index contributed by atoms with van der Waals surface area (Å²) in [5, 5.41) is 9.57. The number of aromatic nitrogens is 4. The van der Waals surface area contributed by atoms with Gasteiger partial charge < -0.3 is 0 Å². The number of alkyl halides is 3. The van der Waals surface area contributed by atoms with E-state index in [-0.39, 0.29) is 5.69 Å². The molecule has 0 bridgehead atoms. The Morgan fingerprint density at radius 2 is 1.91 bits per heavy atom. The first kappa shape index (κ1) is 15.1. The molecule has 120 valence electrons. The third-order valence-corrected chi connectivity index (χ3v) is 3.47. The smallest absolute Gasteiger partial charge is 0.295 e. The molecule has 0 radical (unpaired) electrons. The number of aromatic amines is 2. The molecule has 8 heteroatoms. The average Bonchev–Trinajstić information content (AvgIpc) is 3.02. The quantitative estimate of drug-likeness (QED) is 0.761. The van der Waals surface area contributed by atoms with Gasteiger partial charge in [-0.15, -0.1) is 0 Å². The zero-order valence-electron chi connectivity index (χ0n) is 12.3. The topological polar surface area (TPSA) is 66.5 Å². The summed E-state index contributed by atoms with van der Waals surface area (Å²) in [4.78, 5) is 12.6. The van der Waals surface area contributed by atoms with Crippen molar-refractivity contribution in [3.63, 3.8) is 0 Å². The van der Waals surface area contributed by atoms with Crippen LogP contribution in [-0.4, -0.2) is 20.0 Å². The Morgan fingerprint density at radius 3 is 2.52 bits per heavy atom. The number of nitrogens with zero attached hydrogens (tertiary/aromatic N) is 2. The predicted octanol–water partition coefficient (Wildman–Crippen LogP) is 3.19. The van der Waals surface area contributed by atoms with Crippen molar-refractivity contribution in [3.05, 3.63) is 57.6 Å². The number of halogens is 3. The van der Waals surface area contributed by atoms with E-state index in [1.165, 1.54) is 12.1 Å². The third-order valence-electron chi connectivity index (χ3n) is 3.47. The average molecular weight is 322 g/mol. The number of hydrogen-bond donors (Lipinski definition) is 2. The summed E-state index contributed by atoms with van der Waals surface area (Å²) in [6.45, 7) is 3.47. The van der Waals surface area contributed by atoms with E-state index in [4.69, 9.17) is 0 Å². The van der Waals surface area contributed by atoms with Gasteiger partial charge in [0.1, 0.15) is 0 Å². The van der Waals surface area contributed by atoms with E-state index in [0.717, 1.165) is 22.5 Å². The van der Waals surface area contributed by atoms with Crippen molar-refractivity contribution in [1.29, 1.82) is 0 Å². The van der Waals surface area contributed by atoms with Crippen molar-refractivity contribution in [1.82, 2.24) is 20.0 Å². The molecular formula is C15H13F3N4O. The summed E-state index contributed by atoms with van der Waals surface area (Å²) in [6, 6.07) is 6.29. The number of benzene rings is 1. The maximum Gasteiger partial charge on any atom is 0.416 e. The van der Waals surface area contributed by atoms with Crippen molar-refractivity contribution < 1.29 is 13.2 Å². The first-order valence-electron chi connectivity index (χ1n) is 6.79. The fourth-order valence-electron chi connectivity index (χ4n) is 2.40. The van der Waals surface area contributed by atoms with Crippen LogP contribution >= 0.6 is 0 Å². The molecule has 0 saturated heterocycles. The minimum atomic E-state index is -4.47. The zero-order chi connectivity index (χ0) is 16.8. The molecule has 23 heavy (non-hydrogen) atoms. The van der Waals surface area contributed by atoms with Crippen LogP contribution in [-0.2, 0) is 6.18 Å². The molecule has 3 aromatic rings. The van der Waals surface area contributed by atoms with Gasteiger partial charge in [0.15, 0.2) is 0 Å². The molecule has 2 aromatic heterocycles. The Kier molecular flexibility index (Phi) is 3.39. The van der Waals surface area contributed by atoms with E-state index >= 15 is 0 Å². The standard InChI is InChI=1S/C15H13F3N4O/c1-8-6-12(20-19-8)13-9(2)21-22(14(13)23)11-5-3-4-10(7-11)15(16,17)18/h3-7,21H,1-2H3,(H,19,20). The van der Waals surface area contributed by atoms with Crippen LogP contribution in [0.15, 0.2) is 35.1 Å². The lowest BCUT2D eigenvalue weighted by Gasteiger charge is -2.08. The highest BCUT2D eigenvalue weighted by atomic mass is 19.4. The Labute approximate surface area is 128 Å². The van der Waals surface area contributed by atoms with Gasteiger partial charge in [-0.25, -0.2) is 4.68 Å². The van der Waals surface area contributed by atoms with Crippen LogP contribution in [0, 0.1) is 13.8 Å². The molecular weight excluding hydrogens is 309 g/mol. The summed E-state index contributed by atoms with van der Waals surface area (Å²) in [7, 11) is 0. The van der Waals surface area contributed by atoms with Gasteiger partial charge in [0.05, 0.1) is 22.5 Å². The molecule has 0 spiro atoms. The van der Waals surface area contributed by atoms with Crippen molar-refractivity contribution in [2.24, 2.45) is 0 Å². The van der Waals surface area contributed by atoms with Gasteiger partial charge in [-0.05, 0) is 38.1 Å². The highest BCUT2D eigenvalue weighted by Crippen LogP contribution is 2.30. The van der Waals surface area contributed by atoms with E-state index in [1.807, 2.05) is 0 Å². The van der Waals surface area contributed by atoms with Crippen LogP contribution in [0.5, 0.6) is 0 Å². The molecule has 0 atom stereocenters. The molecule has 0 aliphatic heterocycles. The van der Waals surface area contributed by atoms with E-state index in [1.54, 1.807) is 19.9 Å². The highest BCUT2D eigenvalue weighted by molar-refractivity contribution is 5.61. The predicted molar refractivity (Wildman–Crippen MR) is 78.4 cm³/mol. The van der Waals surface area contributed by atoms with Crippen LogP contribution in [0.25, 0.3) is 16.9 Å². The van der Waals surface area contributed by atoms with Gasteiger partial charge in [-0.3, -0.25) is 15.0 Å². The number of aryl methyl sites for hydroxylation is 2. The molecule has 0 saturated carbocycles. The maximum absolute atomic E-state index is 12.8. The van der Waals surface area contributed by atoms with E-state index in [9.17, 15) is 18.0 Å². The summed E-state index contributed by atoms with van der Waals surface area (Å²) in [6.07, 6.45) is -4.47. The fourth-order valence-corrected chi connectivity index (χ4v) is 2.40. The van der Waals surface area contributed by atoms with E-state index in [0.29, 0.717) is 17.0 Å². The van der Waals surface area contributed by atoms with Gasteiger partial charge in [0.25, 0.3) is 5.56 Å². The molecule has 0 aliphatic carbocycles. The minimum Gasteiger partial charge on any atom is -0.295 e. The molecule has 0 unspecified atom stereocenters. The lowest BCUT2D eigenvalue weighted by atomic mass is 10.2. The SMILES string of the molecule is Cc1cc(-c2c(C)[nH]n(-c3cccc(C(F)(F)F)c3)c2=O)n[nH]1. The molecule has 0 fully saturated rings. The van der Waals surface area contributed by atoms with E-state index < -0.39 is 17.3 Å². The van der Waals surface area contributed by atoms with Crippen LogP contribution in [0.3, 0.4) is 0 Å². The van der Waals surface area contributed by atoms with Crippen molar-refractivity contribution in [2.45, 2.75) is 20.0 Å². The first-order valence-corrected chi connectivity index (χ1v) is 6.79. The van der Waals surface area contributed by atoms with Crippen LogP contribution in [0.1, 0.15) is 17.0 Å². The second-order valence-electron chi connectivity index (χ2n) is 5.24. The first-order chi connectivity index (χ1) is 10.8. The Bertz CT molecular complexity index is 917. The van der Waals surface area contributed by atoms with Crippen molar-refractivity contribution in [2.75, 3.05) is 0 Å². The number of H-pyrrole nitrogens is 2. The molecule has 2 N–H and O–H groups in total. The molecule has 3 rings (SSSR count). The fraction of sp³-hybridized carbons (Fsp3) is 0.200. The molecule has 0 amide bonds. The van der Waals surface area contributed by atoms with Crippen LogP contribution < -0.4 is 5.56 Å². The molecule has 5 nitrogen and oxygen atoms in total. The largest absolute Gasteiger partial charge is 0.416 e. The molecule has 2 heterocycles. The number of nitrogens with one attached hydrogen (secondary N) is 2. The second-order valence-corrected chi connectivity index (χ2v) is 5.24. The van der Waals surface area contributed by atoms with Gasteiger partial charge >= 0.3 is 6.18 Å². The second kappa shape index (κ2) is 5.15. The summed E-state index contributed by atoms with van der Waals surface area (Å²) in [5.41, 5.74) is 0.939. The van der Waals surface area contributed by atoms with Crippen molar-refractivity contribution >= 4 is 0 Å². The summed E-state index contributed by atoms with van der Waals surface area (Å²) < 4.78 is 39.6. The normalized spacial score (nSPS) is 11.9. The minimum absolute atomic E-state index is 0.117. The van der Waals surface area contributed by atoms with Crippen molar-refractivity contribution in [3.8, 4) is 16.9 Å². The number of hydrogen-bond acceptors (Lipinski definition) is 2. The monoisotopic (exact) mass is 322 g/mol. The lowest BCUT2D eigenvalue weighted by molar-refractivity contribution is -0.137. The molecule has 1 aromatic carbocycles. The van der Waals surface area contributed by atoms with Crippen LogP contribution in [0.4, 0.5) is 13.2 Å². The Morgan fingerprint density at radius 1 is 1.17 bits per heavy atom. The zero-order valence-corrected chi connectivity index (χ0v) is 12.3. The van der Waals surface area contributed by atoms with Gasteiger partial charge in [0, 0.05) is 11.4 Å². The summed E-state index contributed by atoms with van der Waals surface area (Å²) >= 11 is 0. The Balaban J connectivity index is 2.14. The summed E-state index contributed by atoms with van der Waals surface area (Å²) in [5.74, 6) is 0. The molecule has 0 aliphatic rings. The highest BCUT2D eigenvalue weighted by Gasteiger charge is 2.30. The van der Waals surface area contributed by atoms with Gasteiger partial charge in [-0.2, -0.15) is 18.3 Å². The third kappa shape index (κ3) is 2.67. The van der Waals surface area contributed by atoms with Gasteiger partial charge in [0.2, 0.25) is 0 Å².